The topological polar surface area (TPSA) is 44.4 Å². The lowest BCUT2D eigenvalue weighted by molar-refractivity contribution is 0.182. The lowest BCUT2D eigenvalue weighted by atomic mass is 10.2. The van der Waals surface area contributed by atoms with E-state index in [2.05, 4.69) is 10.6 Å². The van der Waals surface area contributed by atoms with Gasteiger partial charge in [-0.25, -0.2) is 4.79 Å². The number of nitrogens with zero attached hydrogens (tertiary/aromatic N) is 1. The summed E-state index contributed by atoms with van der Waals surface area (Å²) in [6.07, 6.45) is 1.13. The molecule has 4 heteroatoms. The van der Waals surface area contributed by atoms with E-state index in [-0.39, 0.29) is 12.1 Å². The van der Waals surface area contributed by atoms with Gasteiger partial charge in [-0.05, 0) is 20.3 Å². The highest BCUT2D eigenvalue weighted by Crippen LogP contribution is 2.22. The molecule has 2 saturated heterocycles. The summed E-state index contributed by atoms with van der Waals surface area (Å²) in [6, 6.07) is 1.32. The van der Waals surface area contributed by atoms with Crippen LogP contribution in [0.15, 0.2) is 0 Å². The highest BCUT2D eigenvalue weighted by atomic mass is 16.2. The van der Waals surface area contributed by atoms with E-state index in [9.17, 15) is 4.79 Å². The molecule has 0 aliphatic carbocycles. The van der Waals surface area contributed by atoms with Crippen LogP contribution in [-0.2, 0) is 0 Å². The van der Waals surface area contributed by atoms with Gasteiger partial charge >= 0.3 is 6.03 Å². The number of rotatable bonds is 1. The number of hydrogen-bond acceptors (Lipinski definition) is 2. The quantitative estimate of drug-likeness (QED) is 0.608. The smallest absolute Gasteiger partial charge is 0.317 e. The second-order valence-electron chi connectivity index (χ2n) is 4.25. The zero-order chi connectivity index (χ0) is 9.42. The third kappa shape index (κ3) is 1.63. The summed E-state index contributed by atoms with van der Waals surface area (Å²) in [5, 5.41) is 6.30. The molecular formula is C9H17N3O. The van der Waals surface area contributed by atoms with Crippen LogP contribution in [0, 0.1) is 0 Å². The molecule has 2 aliphatic heterocycles. The molecule has 0 saturated carbocycles. The van der Waals surface area contributed by atoms with Crippen molar-refractivity contribution in [3.63, 3.8) is 0 Å². The number of urea groups is 1. The van der Waals surface area contributed by atoms with Gasteiger partial charge in [-0.1, -0.05) is 0 Å². The number of nitrogens with one attached hydrogen (secondary N) is 2. The molecule has 0 radical (unpaired) electrons. The van der Waals surface area contributed by atoms with Gasteiger partial charge in [-0.15, -0.1) is 0 Å². The summed E-state index contributed by atoms with van der Waals surface area (Å²) in [7, 11) is 0. The fourth-order valence-electron chi connectivity index (χ4n) is 2.14. The van der Waals surface area contributed by atoms with E-state index in [1.54, 1.807) is 0 Å². The summed E-state index contributed by atoms with van der Waals surface area (Å²) < 4.78 is 0. The van der Waals surface area contributed by atoms with E-state index in [4.69, 9.17) is 0 Å². The summed E-state index contributed by atoms with van der Waals surface area (Å²) in [6.45, 7) is 5.83. The van der Waals surface area contributed by atoms with E-state index in [0.29, 0.717) is 12.1 Å². The molecule has 2 atom stereocenters. The lowest BCUT2D eigenvalue weighted by Crippen LogP contribution is -2.51. The molecule has 2 unspecified atom stereocenters. The zero-order valence-corrected chi connectivity index (χ0v) is 8.21. The molecule has 13 heavy (non-hydrogen) atoms. The Balaban J connectivity index is 1.91. The van der Waals surface area contributed by atoms with Crippen LogP contribution in [0.5, 0.6) is 0 Å². The number of piperazine rings is 1. The average Bonchev–Trinajstić information content (AvgIpc) is 2.62. The molecule has 0 aromatic heterocycles. The Morgan fingerprint density at radius 2 is 2.38 bits per heavy atom. The Bertz CT molecular complexity index is 217. The van der Waals surface area contributed by atoms with E-state index in [1.165, 1.54) is 0 Å². The van der Waals surface area contributed by atoms with Gasteiger partial charge in [0.2, 0.25) is 0 Å². The predicted molar refractivity (Wildman–Crippen MR) is 50.6 cm³/mol. The number of fused-ring (bicyclic) bond motifs is 2. The van der Waals surface area contributed by atoms with Crippen molar-refractivity contribution in [1.82, 2.24) is 15.5 Å². The van der Waals surface area contributed by atoms with Crippen molar-refractivity contribution >= 4 is 6.03 Å². The van der Waals surface area contributed by atoms with Crippen LogP contribution in [0.3, 0.4) is 0 Å². The Labute approximate surface area is 78.7 Å². The molecule has 2 rings (SSSR count). The van der Waals surface area contributed by atoms with Crippen molar-refractivity contribution in [1.29, 1.82) is 0 Å². The second-order valence-corrected chi connectivity index (χ2v) is 4.25. The van der Waals surface area contributed by atoms with Crippen molar-refractivity contribution in [3.8, 4) is 0 Å². The van der Waals surface area contributed by atoms with Crippen LogP contribution in [0.25, 0.3) is 0 Å². The summed E-state index contributed by atoms with van der Waals surface area (Å²) in [5.41, 5.74) is 0. The van der Waals surface area contributed by atoms with Crippen molar-refractivity contribution < 1.29 is 4.79 Å². The van der Waals surface area contributed by atoms with Crippen molar-refractivity contribution in [2.24, 2.45) is 0 Å². The number of carbonyl (C=O) groups is 1. The first-order chi connectivity index (χ1) is 6.16. The summed E-state index contributed by atoms with van der Waals surface area (Å²) >= 11 is 0. The molecular weight excluding hydrogens is 166 g/mol. The minimum Gasteiger partial charge on any atom is -0.336 e. The standard InChI is InChI=1S/C9H17N3O/c1-6(2)11-9(13)12-5-7-3-8(12)4-10-7/h6-8,10H,3-5H2,1-2H3,(H,11,13). The monoisotopic (exact) mass is 183 g/mol. The molecule has 2 aliphatic rings. The molecule has 0 aromatic carbocycles. The van der Waals surface area contributed by atoms with Gasteiger partial charge in [0, 0.05) is 31.2 Å². The second kappa shape index (κ2) is 3.18. The van der Waals surface area contributed by atoms with Gasteiger partial charge in [0.15, 0.2) is 0 Å². The van der Waals surface area contributed by atoms with Crippen LogP contribution in [0.1, 0.15) is 20.3 Å². The Hall–Kier alpha value is -0.770. The van der Waals surface area contributed by atoms with Gasteiger partial charge in [-0.2, -0.15) is 0 Å². The van der Waals surface area contributed by atoms with Crippen LogP contribution >= 0.6 is 0 Å². The van der Waals surface area contributed by atoms with Crippen LogP contribution in [0.2, 0.25) is 0 Å². The molecule has 0 spiro atoms. The lowest BCUT2D eigenvalue weighted by Gasteiger charge is -2.28. The maximum absolute atomic E-state index is 11.6. The first-order valence-corrected chi connectivity index (χ1v) is 4.97. The van der Waals surface area contributed by atoms with Crippen LogP contribution in [-0.4, -0.2) is 42.1 Å². The maximum atomic E-state index is 11.6. The fourth-order valence-corrected chi connectivity index (χ4v) is 2.14. The van der Waals surface area contributed by atoms with Crippen molar-refractivity contribution in [3.05, 3.63) is 0 Å². The summed E-state index contributed by atoms with van der Waals surface area (Å²) in [5.74, 6) is 0. The molecule has 0 aromatic rings. The average molecular weight is 183 g/mol. The van der Waals surface area contributed by atoms with Gasteiger partial charge < -0.3 is 15.5 Å². The zero-order valence-electron chi connectivity index (χ0n) is 8.21. The first-order valence-electron chi connectivity index (χ1n) is 4.97. The third-order valence-electron chi connectivity index (χ3n) is 2.73. The maximum Gasteiger partial charge on any atom is 0.317 e. The molecule has 2 fully saturated rings. The highest BCUT2D eigenvalue weighted by molar-refractivity contribution is 5.75. The molecule has 74 valence electrons. The van der Waals surface area contributed by atoms with Crippen LogP contribution < -0.4 is 10.6 Å². The van der Waals surface area contributed by atoms with Crippen LogP contribution in [0.4, 0.5) is 4.79 Å². The number of amides is 2. The third-order valence-corrected chi connectivity index (χ3v) is 2.73. The Morgan fingerprint density at radius 1 is 1.62 bits per heavy atom. The minimum absolute atomic E-state index is 0.101. The van der Waals surface area contributed by atoms with E-state index in [0.717, 1.165) is 19.5 Å². The number of likely N-dealkylation sites (tertiary alicyclic amines) is 1. The van der Waals surface area contributed by atoms with Gasteiger partial charge in [0.05, 0.1) is 0 Å². The fraction of sp³-hybridized carbons (Fsp3) is 0.889. The van der Waals surface area contributed by atoms with Crippen molar-refractivity contribution in [2.45, 2.75) is 38.4 Å². The van der Waals surface area contributed by atoms with E-state index in [1.807, 2.05) is 18.7 Å². The van der Waals surface area contributed by atoms with E-state index < -0.39 is 0 Å². The first kappa shape index (κ1) is 8.81. The minimum atomic E-state index is 0.101. The van der Waals surface area contributed by atoms with Gasteiger partial charge in [-0.3, -0.25) is 0 Å². The highest BCUT2D eigenvalue weighted by Gasteiger charge is 2.40. The largest absolute Gasteiger partial charge is 0.336 e. The molecule has 2 amide bonds. The molecule has 2 N–H and O–H groups in total. The Kier molecular flexibility index (Phi) is 2.15. The summed E-state index contributed by atoms with van der Waals surface area (Å²) in [4.78, 5) is 13.6. The number of carbonyl (C=O) groups excluding carboxylic acids is 1. The van der Waals surface area contributed by atoms with Gasteiger partial charge in [0.1, 0.15) is 0 Å². The van der Waals surface area contributed by atoms with E-state index >= 15 is 0 Å². The van der Waals surface area contributed by atoms with Crippen molar-refractivity contribution in [2.75, 3.05) is 13.1 Å². The number of hydrogen-bond donors (Lipinski definition) is 2. The Morgan fingerprint density at radius 3 is 2.85 bits per heavy atom. The van der Waals surface area contributed by atoms with Gasteiger partial charge in [0.25, 0.3) is 0 Å². The normalized spacial score (nSPS) is 31.5. The molecule has 4 nitrogen and oxygen atoms in total. The predicted octanol–water partition coefficient (Wildman–Crippen LogP) is 0.150. The molecule has 2 bridgehead atoms. The SMILES string of the molecule is CC(C)NC(=O)N1CC2CC1CN2. The molecule has 2 heterocycles.